The van der Waals surface area contributed by atoms with Gasteiger partial charge in [-0.2, -0.15) is 5.10 Å². The fraction of sp³-hybridized carbons (Fsp3) is 0.444. The highest BCUT2D eigenvalue weighted by atomic mass is 35.5. The number of fused-ring (bicyclic) bond motifs is 1. The molecule has 0 radical (unpaired) electrons. The van der Waals surface area contributed by atoms with Gasteiger partial charge in [-0.05, 0) is 51.1 Å². The molecule has 8 nitrogen and oxygen atoms in total. The van der Waals surface area contributed by atoms with Crippen LogP contribution >= 0.6 is 23.2 Å². The number of nitro groups is 1. The molecule has 1 fully saturated rings. The normalized spacial score (nSPS) is 17.0. The molecule has 5 rings (SSSR count). The maximum atomic E-state index is 11.4. The third-order valence-corrected chi connectivity index (χ3v) is 8.12. The molecule has 1 saturated heterocycles. The van der Waals surface area contributed by atoms with E-state index in [4.69, 9.17) is 28.3 Å². The van der Waals surface area contributed by atoms with Crippen LogP contribution in [0.3, 0.4) is 0 Å². The smallest absolute Gasteiger partial charge is 0.292 e. The van der Waals surface area contributed by atoms with Gasteiger partial charge < -0.3 is 9.80 Å². The summed E-state index contributed by atoms with van der Waals surface area (Å²) in [6.07, 6.45) is 3.13. The summed E-state index contributed by atoms with van der Waals surface area (Å²) in [5.74, 6) is 0. The Hall–Kier alpha value is -2.65. The Balaban J connectivity index is 1.24. The van der Waals surface area contributed by atoms with Crippen molar-refractivity contribution < 1.29 is 4.92 Å². The molecule has 37 heavy (non-hydrogen) atoms. The largest absolute Gasteiger partial charge is 0.363 e. The van der Waals surface area contributed by atoms with Crippen molar-refractivity contribution in [2.75, 3.05) is 51.2 Å². The number of hydrogen-bond donors (Lipinski definition) is 0. The third-order valence-electron chi connectivity index (χ3n) is 7.38. The number of nitro benzene ring substituents is 1. The van der Waals surface area contributed by atoms with Crippen molar-refractivity contribution in [1.29, 1.82) is 0 Å². The number of piperazine rings is 1. The van der Waals surface area contributed by atoms with Crippen molar-refractivity contribution in [2.45, 2.75) is 32.4 Å². The van der Waals surface area contributed by atoms with E-state index >= 15 is 0 Å². The molecular weight excluding hydrogens is 511 g/mol. The summed E-state index contributed by atoms with van der Waals surface area (Å²) < 4.78 is 2.20. The van der Waals surface area contributed by atoms with Crippen LogP contribution in [0, 0.1) is 10.1 Å². The van der Waals surface area contributed by atoms with Gasteiger partial charge in [0.15, 0.2) is 0 Å². The van der Waals surface area contributed by atoms with Gasteiger partial charge in [0.05, 0.1) is 20.7 Å². The fourth-order valence-corrected chi connectivity index (χ4v) is 5.75. The van der Waals surface area contributed by atoms with Gasteiger partial charge in [-0.1, -0.05) is 41.4 Å². The highest BCUT2D eigenvalue weighted by Gasteiger charge is 2.25. The monoisotopic (exact) mass is 542 g/mol. The van der Waals surface area contributed by atoms with Crippen molar-refractivity contribution in [3.8, 4) is 11.3 Å². The first-order valence-corrected chi connectivity index (χ1v) is 13.6. The molecule has 1 aromatic heterocycles. The average Bonchev–Trinajstić information content (AvgIpc) is 3.10. The molecule has 0 saturated carbocycles. The Morgan fingerprint density at radius 2 is 1.78 bits per heavy atom. The van der Waals surface area contributed by atoms with Gasteiger partial charge in [-0.25, -0.2) is 0 Å². The van der Waals surface area contributed by atoms with Crippen LogP contribution in [0.15, 0.2) is 42.5 Å². The maximum Gasteiger partial charge on any atom is 0.292 e. The molecule has 2 aliphatic heterocycles. The minimum atomic E-state index is -0.293. The van der Waals surface area contributed by atoms with Crippen LogP contribution in [0.25, 0.3) is 11.3 Å². The topological polar surface area (TPSA) is 70.7 Å². The predicted molar refractivity (Wildman–Crippen MR) is 149 cm³/mol. The van der Waals surface area contributed by atoms with Gasteiger partial charge in [-0.3, -0.25) is 19.7 Å². The second-order valence-electron chi connectivity index (χ2n) is 9.90. The lowest BCUT2D eigenvalue weighted by atomic mass is 10.0. The van der Waals surface area contributed by atoms with Gasteiger partial charge in [0, 0.05) is 68.7 Å². The summed E-state index contributed by atoms with van der Waals surface area (Å²) in [5, 5.41) is 17.6. The quantitative estimate of drug-likeness (QED) is 0.296. The molecule has 0 spiro atoms. The second-order valence-corrected chi connectivity index (χ2v) is 10.7. The van der Waals surface area contributed by atoms with E-state index < -0.39 is 0 Å². The Kier molecular flexibility index (Phi) is 8.00. The van der Waals surface area contributed by atoms with Gasteiger partial charge >= 0.3 is 0 Å². The number of hydrogen-bond acceptors (Lipinski definition) is 6. The van der Waals surface area contributed by atoms with E-state index in [2.05, 4.69) is 26.4 Å². The Morgan fingerprint density at radius 1 is 1.00 bits per heavy atom. The molecule has 0 N–H and O–H groups in total. The maximum absolute atomic E-state index is 11.4. The van der Waals surface area contributed by atoms with Crippen molar-refractivity contribution >= 4 is 34.6 Å². The zero-order chi connectivity index (χ0) is 25.9. The van der Waals surface area contributed by atoms with Gasteiger partial charge in [0.25, 0.3) is 5.69 Å². The van der Waals surface area contributed by atoms with Crippen molar-refractivity contribution in [3.63, 3.8) is 0 Å². The van der Waals surface area contributed by atoms with Crippen LogP contribution in [0.4, 0.5) is 11.4 Å². The van der Waals surface area contributed by atoms with Crippen LogP contribution in [-0.4, -0.2) is 70.8 Å². The van der Waals surface area contributed by atoms with Crippen LogP contribution in [-0.2, 0) is 19.5 Å². The SMILES string of the molecule is CN1CCCc2c(c(-c3ccc(Cl)c(Cl)c3)nn2CCCN2CCN(c3ccccc3[N+](=O)[O-])CC2)C1. The number of benzene rings is 2. The van der Waals surface area contributed by atoms with Gasteiger partial charge in [-0.15, -0.1) is 0 Å². The lowest BCUT2D eigenvalue weighted by Crippen LogP contribution is -2.46. The molecule has 3 heterocycles. The van der Waals surface area contributed by atoms with E-state index in [1.54, 1.807) is 12.1 Å². The molecule has 10 heteroatoms. The average molecular weight is 543 g/mol. The molecule has 0 amide bonds. The predicted octanol–water partition coefficient (Wildman–Crippen LogP) is 5.36. The molecule has 0 bridgehead atoms. The lowest BCUT2D eigenvalue weighted by Gasteiger charge is -2.35. The summed E-state index contributed by atoms with van der Waals surface area (Å²) >= 11 is 12.5. The first-order valence-electron chi connectivity index (χ1n) is 12.8. The molecule has 2 aliphatic rings. The Bertz CT molecular complexity index is 1270. The van der Waals surface area contributed by atoms with Gasteiger partial charge in [0.2, 0.25) is 0 Å². The number of rotatable bonds is 7. The van der Waals surface area contributed by atoms with Crippen molar-refractivity contribution in [1.82, 2.24) is 19.6 Å². The van der Waals surface area contributed by atoms with E-state index in [0.29, 0.717) is 15.7 Å². The fourth-order valence-electron chi connectivity index (χ4n) is 5.45. The summed E-state index contributed by atoms with van der Waals surface area (Å²) in [7, 11) is 2.16. The second kappa shape index (κ2) is 11.4. The summed E-state index contributed by atoms with van der Waals surface area (Å²) in [6, 6.07) is 12.8. The number of aryl methyl sites for hydroxylation is 1. The molecule has 3 aromatic rings. The van der Waals surface area contributed by atoms with Crippen molar-refractivity contribution in [2.24, 2.45) is 0 Å². The first-order chi connectivity index (χ1) is 17.9. The molecule has 0 unspecified atom stereocenters. The minimum absolute atomic E-state index is 0.179. The van der Waals surface area contributed by atoms with Crippen LogP contribution < -0.4 is 4.90 Å². The first kappa shape index (κ1) is 26.0. The van der Waals surface area contributed by atoms with Gasteiger partial charge in [0.1, 0.15) is 5.69 Å². The molecule has 0 aliphatic carbocycles. The Labute approximate surface area is 227 Å². The standard InChI is InChI=1S/C27H32Cl2N6O2/c1-31-11-4-8-24-21(19-31)27(20-9-10-22(28)23(29)18-20)30-34(24)13-5-12-32-14-16-33(17-15-32)25-6-2-3-7-26(25)35(36)37/h2-3,6-7,9-10,18H,4-5,8,11-17,19H2,1H3. The lowest BCUT2D eigenvalue weighted by molar-refractivity contribution is -0.384. The van der Waals surface area contributed by atoms with Crippen LogP contribution in [0.1, 0.15) is 24.1 Å². The minimum Gasteiger partial charge on any atom is -0.363 e. The number of halogens is 2. The number of anilines is 1. The molecule has 0 atom stereocenters. The van der Waals surface area contributed by atoms with Crippen LogP contribution in [0.2, 0.25) is 10.0 Å². The third kappa shape index (κ3) is 5.77. The summed E-state index contributed by atoms with van der Waals surface area (Å²) in [6.45, 7) is 7.13. The van der Waals surface area contributed by atoms with E-state index in [1.165, 1.54) is 11.3 Å². The number of para-hydroxylation sites is 2. The van der Waals surface area contributed by atoms with Crippen LogP contribution in [0.5, 0.6) is 0 Å². The Morgan fingerprint density at radius 3 is 2.54 bits per heavy atom. The highest BCUT2D eigenvalue weighted by molar-refractivity contribution is 6.42. The number of aromatic nitrogens is 2. The molecule has 196 valence electrons. The number of nitrogens with zero attached hydrogens (tertiary/aromatic N) is 6. The van der Waals surface area contributed by atoms with E-state index in [0.717, 1.165) is 82.9 Å². The highest BCUT2D eigenvalue weighted by Crippen LogP contribution is 2.33. The zero-order valence-electron chi connectivity index (χ0n) is 21.1. The summed E-state index contributed by atoms with van der Waals surface area (Å²) in [4.78, 5) is 18.1. The zero-order valence-corrected chi connectivity index (χ0v) is 22.6. The molecule has 2 aromatic carbocycles. The van der Waals surface area contributed by atoms with E-state index in [-0.39, 0.29) is 10.6 Å². The van der Waals surface area contributed by atoms with E-state index in [1.807, 2.05) is 30.3 Å². The van der Waals surface area contributed by atoms with Crippen molar-refractivity contribution in [3.05, 3.63) is 73.9 Å². The van der Waals surface area contributed by atoms with E-state index in [9.17, 15) is 10.1 Å². The molecular formula is C27H32Cl2N6O2. The summed E-state index contributed by atoms with van der Waals surface area (Å²) in [5.41, 5.74) is 5.51.